The van der Waals surface area contributed by atoms with Gasteiger partial charge in [0.15, 0.2) is 6.54 Å². The second-order valence-corrected chi connectivity index (χ2v) is 6.18. The Labute approximate surface area is 134 Å². The number of nitrogens with one attached hydrogen (secondary N) is 3. The summed E-state index contributed by atoms with van der Waals surface area (Å²) in [6.07, 6.45) is 0.830. The zero-order valence-electron chi connectivity index (χ0n) is 12.7. The fraction of sp³-hybridized carbons (Fsp3) is 0.467. The van der Waals surface area contributed by atoms with Crippen LogP contribution in [0.15, 0.2) is 28.7 Å². The van der Waals surface area contributed by atoms with E-state index >= 15 is 0 Å². The highest BCUT2D eigenvalue weighted by atomic mass is 79.9. The maximum Gasteiger partial charge on any atom is 0.321 e. The first kappa shape index (κ1) is 17.7. The van der Waals surface area contributed by atoms with Crippen LogP contribution in [0.25, 0.3) is 0 Å². The first-order chi connectivity index (χ1) is 9.90. The molecule has 2 atom stereocenters. The molecule has 0 spiro atoms. The van der Waals surface area contributed by atoms with E-state index in [2.05, 4.69) is 26.6 Å². The molecule has 0 aliphatic carbocycles. The Hall–Kier alpha value is -1.40. The van der Waals surface area contributed by atoms with Crippen LogP contribution in [-0.4, -0.2) is 31.6 Å². The Morgan fingerprint density at radius 3 is 2.48 bits per heavy atom. The third kappa shape index (κ3) is 7.24. The first-order valence-electron chi connectivity index (χ1n) is 7.06. The number of likely N-dealkylation sites (N-methyl/N-ethyl adjacent to an activating group) is 1. The molecule has 0 fully saturated rings. The van der Waals surface area contributed by atoms with E-state index in [1.165, 1.54) is 0 Å². The summed E-state index contributed by atoms with van der Waals surface area (Å²) in [6.45, 7) is 4.86. The lowest BCUT2D eigenvalue weighted by Crippen LogP contribution is -3.09. The summed E-state index contributed by atoms with van der Waals surface area (Å²) < 4.78 is 1.03. The number of benzene rings is 1. The molecule has 5 nitrogen and oxygen atoms in total. The Balaban J connectivity index is 2.36. The highest BCUT2D eigenvalue weighted by Crippen LogP contribution is 2.09. The summed E-state index contributed by atoms with van der Waals surface area (Å²) in [5, 5.41) is 5.06. The molecule has 21 heavy (non-hydrogen) atoms. The van der Waals surface area contributed by atoms with Gasteiger partial charge in [-0.2, -0.15) is 0 Å². The Morgan fingerprint density at radius 2 is 1.90 bits per heavy atom. The Kier molecular flexibility index (Phi) is 7.39. The van der Waals surface area contributed by atoms with Gasteiger partial charge in [-0.1, -0.05) is 35.0 Å². The van der Waals surface area contributed by atoms with E-state index in [1.54, 1.807) is 0 Å². The highest BCUT2D eigenvalue weighted by molar-refractivity contribution is 9.10. The van der Waals surface area contributed by atoms with Gasteiger partial charge in [0.25, 0.3) is 5.91 Å². The van der Waals surface area contributed by atoms with E-state index in [0.29, 0.717) is 0 Å². The maximum absolute atomic E-state index is 11.8. The lowest BCUT2D eigenvalue weighted by molar-refractivity contribution is -0.885. The molecule has 0 bridgehead atoms. The number of quaternary nitrogens is 1. The number of imide groups is 1. The molecular weight excluding hydrogens is 334 g/mol. The molecule has 3 amide bonds. The summed E-state index contributed by atoms with van der Waals surface area (Å²) in [5.41, 5.74) is 1.15. The van der Waals surface area contributed by atoms with Crippen LogP contribution < -0.4 is 15.5 Å². The van der Waals surface area contributed by atoms with Gasteiger partial charge in [0.1, 0.15) is 6.54 Å². The molecule has 0 radical (unpaired) electrons. The van der Waals surface area contributed by atoms with E-state index in [1.807, 2.05) is 45.2 Å². The SMILES string of the molecule is CC[C@@H](C)NC(=O)NC(=O)C[NH+](C)Cc1ccc(Br)cc1. The molecule has 1 aromatic rings. The van der Waals surface area contributed by atoms with Crippen molar-refractivity contribution in [2.45, 2.75) is 32.9 Å². The van der Waals surface area contributed by atoms with Crippen LogP contribution in [0.1, 0.15) is 25.8 Å². The summed E-state index contributed by atoms with van der Waals surface area (Å²) in [4.78, 5) is 24.3. The molecule has 1 unspecified atom stereocenters. The molecule has 1 rings (SSSR count). The van der Waals surface area contributed by atoms with Crippen LogP contribution in [-0.2, 0) is 11.3 Å². The van der Waals surface area contributed by atoms with Gasteiger partial charge in [0.05, 0.1) is 7.05 Å². The molecule has 0 aromatic heterocycles. The second-order valence-electron chi connectivity index (χ2n) is 5.27. The van der Waals surface area contributed by atoms with Crippen molar-refractivity contribution in [3.63, 3.8) is 0 Å². The zero-order valence-corrected chi connectivity index (χ0v) is 14.3. The first-order valence-corrected chi connectivity index (χ1v) is 7.86. The minimum absolute atomic E-state index is 0.0608. The number of amides is 3. The number of halogens is 1. The lowest BCUT2D eigenvalue weighted by atomic mass is 10.2. The third-order valence-corrected chi connectivity index (χ3v) is 3.65. The number of hydrogen-bond donors (Lipinski definition) is 3. The largest absolute Gasteiger partial charge is 0.335 e. The molecule has 0 aliphatic rings. The Morgan fingerprint density at radius 1 is 1.29 bits per heavy atom. The fourth-order valence-electron chi connectivity index (χ4n) is 1.82. The fourth-order valence-corrected chi connectivity index (χ4v) is 2.08. The standard InChI is InChI=1S/C15H22BrN3O2/c1-4-11(2)17-15(21)18-14(20)10-19(3)9-12-5-7-13(16)8-6-12/h5-8,11H,4,9-10H2,1-3H3,(H2,17,18,20,21)/p+1/t11-/m1/s1. The Bertz CT molecular complexity index is 476. The van der Waals surface area contributed by atoms with Crippen molar-refractivity contribution in [1.29, 1.82) is 0 Å². The smallest absolute Gasteiger partial charge is 0.321 e. The van der Waals surface area contributed by atoms with Crippen LogP contribution in [0.3, 0.4) is 0 Å². The van der Waals surface area contributed by atoms with Gasteiger partial charge in [-0.15, -0.1) is 0 Å². The van der Waals surface area contributed by atoms with Crippen molar-refractivity contribution in [3.05, 3.63) is 34.3 Å². The number of carbonyl (C=O) groups is 2. The van der Waals surface area contributed by atoms with Gasteiger partial charge in [-0.05, 0) is 25.5 Å². The predicted octanol–water partition coefficient (Wildman–Crippen LogP) is 1.09. The molecule has 116 valence electrons. The molecule has 3 N–H and O–H groups in total. The number of hydrogen-bond acceptors (Lipinski definition) is 2. The third-order valence-electron chi connectivity index (χ3n) is 3.12. The molecule has 6 heteroatoms. The van der Waals surface area contributed by atoms with Crippen molar-refractivity contribution in [2.75, 3.05) is 13.6 Å². The van der Waals surface area contributed by atoms with E-state index in [9.17, 15) is 9.59 Å². The van der Waals surface area contributed by atoms with E-state index in [4.69, 9.17) is 0 Å². The number of rotatable bonds is 6. The molecule has 0 saturated heterocycles. The van der Waals surface area contributed by atoms with E-state index in [0.717, 1.165) is 27.9 Å². The summed E-state index contributed by atoms with van der Waals surface area (Å²) in [7, 11) is 1.92. The van der Waals surface area contributed by atoms with Crippen LogP contribution in [0.4, 0.5) is 4.79 Å². The molecule has 1 aromatic carbocycles. The van der Waals surface area contributed by atoms with Gasteiger partial charge in [-0.25, -0.2) is 4.79 Å². The average Bonchev–Trinajstić information content (AvgIpc) is 2.40. The van der Waals surface area contributed by atoms with Crippen LogP contribution in [0.5, 0.6) is 0 Å². The minimum atomic E-state index is -0.425. The van der Waals surface area contributed by atoms with E-state index < -0.39 is 6.03 Å². The molecule has 0 saturated carbocycles. The molecule has 0 aliphatic heterocycles. The van der Waals surface area contributed by atoms with Gasteiger partial charge >= 0.3 is 6.03 Å². The average molecular weight is 357 g/mol. The van der Waals surface area contributed by atoms with Gasteiger partial charge < -0.3 is 10.2 Å². The summed E-state index contributed by atoms with van der Waals surface area (Å²) >= 11 is 3.39. The highest BCUT2D eigenvalue weighted by Gasteiger charge is 2.14. The van der Waals surface area contributed by atoms with Crippen LogP contribution >= 0.6 is 15.9 Å². The van der Waals surface area contributed by atoms with Crippen molar-refractivity contribution in [2.24, 2.45) is 0 Å². The second kappa shape index (κ2) is 8.79. The van der Waals surface area contributed by atoms with Crippen molar-refractivity contribution in [3.8, 4) is 0 Å². The summed E-state index contributed by atoms with van der Waals surface area (Å²) in [5.74, 6) is -0.273. The normalized spacial score (nSPS) is 13.3. The van der Waals surface area contributed by atoms with E-state index in [-0.39, 0.29) is 18.5 Å². The quantitative estimate of drug-likeness (QED) is 0.714. The molecular formula is C15H23BrN3O2+. The monoisotopic (exact) mass is 356 g/mol. The van der Waals surface area contributed by atoms with Crippen LogP contribution in [0, 0.1) is 0 Å². The minimum Gasteiger partial charge on any atom is -0.335 e. The van der Waals surface area contributed by atoms with Crippen molar-refractivity contribution in [1.82, 2.24) is 10.6 Å². The van der Waals surface area contributed by atoms with Crippen molar-refractivity contribution < 1.29 is 14.5 Å². The zero-order chi connectivity index (χ0) is 15.8. The van der Waals surface area contributed by atoms with Crippen LogP contribution in [0.2, 0.25) is 0 Å². The molecule has 0 heterocycles. The number of carbonyl (C=O) groups excluding carboxylic acids is 2. The van der Waals surface area contributed by atoms with Gasteiger partial charge in [0.2, 0.25) is 0 Å². The van der Waals surface area contributed by atoms with Gasteiger partial charge in [-0.3, -0.25) is 10.1 Å². The number of urea groups is 1. The van der Waals surface area contributed by atoms with Crippen molar-refractivity contribution >= 4 is 27.9 Å². The topological polar surface area (TPSA) is 62.6 Å². The van der Waals surface area contributed by atoms with Gasteiger partial charge in [0, 0.05) is 16.1 Å². The predicted molar refractivity (Wildman–Crippen MR) is 86.0 cm³/mol. The summed E-state index contributed by atoms with van der Waals surface area (Å²) in [6, 6.07) is 7.61. The lowest BCUT2D eigenvalue weighted by Gasteiger charge is -2.15. The maximum atomic E-state index is 11.8.